The molecule has 29 heavy (non-hydrogen) atoms. The van der Waals surface area contributed by atoms with Gasteiger partial charge in [0, 0.05) is 11.8 Å². The van der Waals surface area contributed by atoms with E-state index < -0.39 is 48.8 Å². The fourth-order valence-corrected chi connectivity index (χ4v) is 3.84. The summed E-state index contributed by atoms with van der Waals surface area (Å²) in [6, 6.07) is 8.01. The molecule has 2 aromatic carbocycles. The van der Waals surface area contributed by atoms with Crippen LogP contribution in [0.5, 0.6) is 0 Å². The molecule has 0 fully saturated rings. The number of benzene rings is 2. The molecule has 0 saturated heterocycles. The van der Waals surface area contributed by atoms with Crippen molar-refractivity contribution < 1.29 is 21.6 Å². The van der Waals surface area contributed by atoms with Crippen LogP contribution in [0.3, 0.4) is 0 Å². The third-order valence-corrected chi connectivity index (χ3v) is 5.67. The molecule has 148 valence electrons. The Morgan fingerprint density at radius 2 is 1.55 bits per heavy atom. The van der Waals surface area contributed by atoms with E-state index in [-0.39, 0.29) is 10.5 Å². The zero-order chi connectivity index (χ0) is 21.2. The van der Waals surface area contributed by atoms with Gasteiger partial charge in [-0.05, 0) is 18.2 Å². The van der Waals surface area contributed by atoms with Gasteiger partial charge in [-0.25, -0.2) is 21.6 Å². The Hall–Kier alpha value is -2.73. The number of pyridine rings is 1. The van der Waals surface area contributed by atoms with Crippen molar-refractivity contribution in [3.05, 3.63) is 87.4 Å². The quantitative estimate of drug-likeness (QED) is 0.445. The molecule has 0 unspecified atom stereocenters. The molecule has 0 spiro atoms. The number of aromatic nitrogens is 1. The second-order valence-electron chi connectivity index (χ2n) is 5.57. The highest BCUT2D eigenvalue weighted by Crippen LogP contribution is 2.37. The summed E-state index contributed by atoms with van der Waals surface area (Å²) in [7, 11) is -4.30. The van der Waals surface area contributed by atoms with Gasteiger partial charge in [0.1, 0.15) is 11.5 Å². The molecule has 0 aliphatic rings. The van der Waals surface area contributed by atoms with Crippen molar-refractivity contribution in [3.63, 3.8) is 0 Å². The van der Waals surface area contributed by atoms with Crippen LogP contribution in [0.1, 0.15) is 11.1 Å². The Kier molecular flexibility index (Phi) is 6.03. The first-order valence-electron chi connectivity index (χ1n) is 7.77. The maximum atomic E-state index is 14.6. The monoisotopic (exact) mass is 456 g/mol. The molecule has 0 bridgehead atoms. The third-order valence-electron chi connectivity index (χ3n) is 3.59. The van der Waals surface area contributed by atoms with Crippen LogP contribution < -0.4 is 4.72 Å². The fraction of sp³-hybridized carbons (Fsp3) is 0. The molecule has 0 aliphatic heterocycles. The zero-order valence-corrected chi connectivity index (χ0v) is 16.5. The number of rotatable bonds is 3. The fourth-order valence-electron chi connectivity index (χ4n) is 2.24. The van der Waals surface area contributed by atoms with Gasteiger partial charge < -0.3 is 0 Å². The molecule has 1 aromatic heterocycles. The smallest absolute Gasteiger partial charge is 0.262 e. The van der Waals surface area contributed by atoms with Gasteiger partial charge >= 0.3 is 0 Å². The number of nitrogens with one attached hydrogen (secondary N) is 1. The normalized spacial score (nSPS) is 10.9. The lowest BCUT2D eigenvalue weighted by Gasteiger charge is -2.13. The number of hydrogen-bond donors (Lipinski definition) is 1. The number of anilines is 1. The average molecular weight is 457 g/mol. The van der Waals surface area contributed by atoms with E-state index in [4.69, 9.17) is 23.2 Å². The van der Waals surface area contributed by atoms with Crippen LogP contribution in [-0.4, -0.2) is 13.4 Å². The van der Waals surface area contributed by atoms with E-state index in [1.807, 2.05) is 0 Å². The van der Waals surface area contributed by atoms with Gasteiger partial charge in [-0.2, -0.15) is 0 Å². The molecule has 4 nitrogen and oxygen atoms in total. The summed E-state index contributed by atoms with van der Waals surface area (Å²) in [5, 5.41) is -1.39. The lowest BCUT2D eigenvalue weighted by Crippen LogP contribution is -2.16. The molecule has 10 heteroatoms. The Labute approximate surface area is 174 Å². The van der Waals surface area contributed by atoms with Crippen molar-refractivity contribution in [1.82, 2.24) is 4.98 Å². The molecular formula is C19H9Cl2F3N2O2S. The first-order chi connectivity index (χ1) is 13.7. The van der Waals surface area contributed by atoms with Crippen LogP contribution in [-0.2, 0) is 10.0 Å². The van der Waals surface area contributed by atoms with Crippen molar-refractivity contribution in [2.75, 3.05) is 4.72 Å². The maximum absolute atomic E-state index is 14.6. The maximum Gasteiger partial charge on any atom is 0.262 e. The van der Waals surface area contributed by atoms with Gasteiger partial charge in [0.2, 0.25) is 0 Å². The zero-order valence-electron chi connectivity index (χ0n) is 14.2. The summed E-state index contributed by atoms with van der Waals surface area (Å²) in [4.78, 5) is 3.38. The van der Waals surface area contributed by atoms with Crippen LogP contribution >= 0.6 is 23.2 Å². The first-order valence-corrected chi connectivity index (χ1v) is 10.0. The van der Waals surface area contributed by atoms with Gasteiger partial charge in [0.05, 0.1) is 26.7 Å². The van der Waals surface area contributed by atoms with Gasteiger partial charge in [-0.15, -0.1) is 0 Å². The van der Waals surface area contributed by atoms with Crippen molar-refractivity contribution in [3.8, 4) is 11.8 Å². The number of hydrogen-bond acceptors (Lipinski definition) is 3. The second kappa shape index (κ2) is 8.33. The minimum atomic E-state index is -4.30. The molecule has 1 heterocycles. The molecule has 0 saturated carbocycles. The van der Waals surface area contributed by atoms with Crippen LogP contribution in [0.15, 0.2) is 53.7 Å². The molecule has 0 amide bonds. The van der Waals surface area contributed by atoms with Crippen LogP contribution in [0.25, 0.3) is 0 Å². The summed E-state index contributed by atoms with van der Waals surface area (Å²) in [6.07, 6.45) is 2.19. The Morgan fingerprint density at radius 1 is 0.931 bits per heavy atom. The van der Waals surface area contributed by atoms with Gasteiger partial charge in [-0.3, -0.25) is 9.71 Å². The Bertz CT molecular complexity index is 1230. The van der Waals surface area contributed by atoms with Crippen LogP contribution in [0.2, 0.25) is 10.0 Å². The third kappa shape index (κ3) is 4.48. The summed E-state index contributed by atoms with van der Waals surface area (Å²) >= 11 is 11.8. The summed E-state index contributed by atoms with van der Waals surface area (Å²) in [5.74, 6) is 1.35. The highest BCUT2D eigenvalue weighted by atomic mass is 35.5. The van der Waals surface area contributed by atoms with Gasteiger partial charge in [-0.1, -0.05) is 53.2 Å². The molecule has 0 radical (unpaired) electrons. The summed E-state index contributed by atoms with van der Waals surface area (Å²) in [6.45, 7) is 0. The lowest BCUT2D eigenvalue weighted by atomic mass is 10.1. The highest BCUT2D eigenvalue weighted by Gasteiger charge is 2.26. The van der Waals surface area contributed by atoms with E-state index >= 15 is 0 Å². The summed E-state index contributed by atoms with van der Waals surface area (Å²) in [5.41, 5.74) is -1.34. The van der Waals surface area contributed by atoms with E-state index in [2.05, 4.69) is 16.8 Å². The van der Waals surface area contributed by atoms with Gasteiger partial charge in [0.15, 0.2) is 11.6 Å². The van der Waals surface area contributed by atoms with Crippen molar-refractivity contribution in [2.24, 2.45) is 0 Å². The van der Waals surface area contributed by atoms with Crippen molar-refractivity contribution in [1.29, 1.82) is 0 Å². The van der Waals surface area contributed by atoms with E-state index in [0.29, 0.717) is 0 Å². The predicted molar refractivity (Wildman–Crippen MR) is 104 cm³/mol. The molecular weight excluding hydrogens is 448 g/mol. The average Bonchev–Trinajstić information content (AvgIpc) is 2.70. The number of sulfonamides is 1. The SMILES string of the molecule is O=S(=O)(Nc1c(F)c(Cl)c(C#Cc2cncc(F)c2)c(Cl)c1F)c1ccccc1. The molecule has 1 N–H and O–H groups in total. The van der Waals surface area contributed by atoms with Crippen LogP contribution in [0, 0.1) is 29.3 Å². The summed E-state index contributed by atoms with van der Waals surface area (Å²) < 4.78 is 69.0. The van der Waals surface area contributed by atoms with Crippen LogP contribution in [0.4, 0.5) is 18.9 Å². The van der Waals surface area contributed by atoms with E-state index in [0.717, 1.165) is 12.3 Å². The predicted octanol–water partition coefficient (Wildman–Crippen LogP) is 5.01. The Balaban J connectivity index is 2.05. The lowest BCUT2D eigenvalue weighted by molar-refractivity contribution is 0.583. The molecule has 3 aromatic rings. The van der Waals surface area contributed by atoms with E-state index in [1.54, 1.807) is 10.8 Å². The number of nitrogens with zero attached hydrogens (tertiary/aromatic N) is 1. The topological polar surface area (TPSA) is 59.1 Å². The second-order valence-corrected chi connectivity index (χ2v) is 8.00. The van der Waals surface area contributed by atoms with Gasteiger partial charge in [0.25, 0.3) is 10.0 Å². The molecule has 0 atom stereocenters. The van der Waals surface area contributed by atoms with E-state index in [9.17, 15) is 21.6 Å². The minimum Gasteiger partial charge on any atom is -0.274 e. The number of halogens is 5. The highest BCUT2D eigenvalue weighted by molar-refractivity contribution is 7.92. The van der Waals surface area contributed by atoms with Crippen molar-refractivity contribution in [2.45, 2.75) is 4.90 Å². The minimum absolute atomic E-state index is 0.117. The Morgan fingerprint density at radius 3 is 2.14 bits per heavy atom. The largest absolute Gasteiger partial charge is 0.274 e. The first kappa shape index (κ1) is 21.0. The molecule has 0 aliphatic carbocycles. The van der Waals surface area contributed by atoms with E-state index in [1.165, 1.54) is 30.5 Å². The molecule has 3 rings (SSSR count). The van der Waals surface area contributed by atoms with Crippen molar-refractivity contribution >= 4 is 38.9 Å². The standard InChI is InChI=1S/C19H9Cl2F3N2O2S/c20-15-14(7-6-11-8-12(22)10-25-9-11)16(21)18(24)19(17(15)23)26-29(27,28)13-4-2-1-3-5-13/h1-5,8-10,26H.